The monoisotopic (exact) mass is 279 g/mol. The molecule has 1 unspecified atom stereocenters. The number of nitrogens with one attached hydrogen (secondary N) is 1. The Morgan fingerprint density at radius 3 is 2.30 bits per heavy atom. The van der Waals surface area contributed by atoms with Crippen LogP contribution < -0.4 is 16.0 Å². The van der Waals surface area contributed by atoms with Gasteiger partial charge < -0.3 is 16.2 Å². The molecule has 0 aliphatic carbocycles. The molecule has 0 radical (unpaired) electrons. The van der Waals surface area contributed by atoms with E-state index in [1.165, 1.54) is 38.1 Å². The average Bonchev–Trinajstić information content (AvgIpc) is 2.37. The zero-order valence-electron chi connectivity index (χ0n) is 11.3. The third kappa shape index (κ3) is 4.06. The molecule has 0 fully saturated rings. The molecule has 0 heterocycles. The van der Waals surface area contributed by atoms with Gasteiger partial charge in [-0.1, -0.05) is 0 Å². The summed E-state index contributed by atoms with van der Waals surface area (Å²) in [5.41, 5.74) is 6.25. The van der Waals surface area contributed by atoms with E-state index in [2.05, 4.69) is 5.32 Å². The smallest absolute Gasteiger partial charge is 0.323 e. The molecule has 0 aliphatic rings. The first-order valence-electron chi connectivity index (χ1n) is 5.99. The molecule has 1 rings (SSSR count). The van der Waals surface area contributed by atoms with Crippen LogP contribution in [0.3, 0.4) is 0 Å². The Morgan fingerprint density at radius 2 is 1.85 bits per heavy atom. The number of hydrogen-bond donors (Lipinski definition) is 3. The van der Waals surface area contributed by atoms with Crippen LogP contribution in [0.2, 0.25) is 0 Å². The number of aliphatic hydroxyl groups is 1. The molecular weight excluding hydrogens is 262 g/mol. The van der Waals surface area contributed by atoms with Crippen molar-refractivity contribution in [3.8, 4) is 0 Å². The number of nitrogens with zero attached hydrogens (tertiary/aromatic N) is 1. The van der Waals surface area contributed by atoms with Gasteiger partial charge in [0.25, 0.3) is 0 Å². The number of nitrogens with two attached hydrogens (primary N) is 1. The maximum atomic E-state index is 12.0. The lowest BCUT2D eigenvalue weighted by molar-refractivity contribution is -0.139. The first-order valence-corrected chi connectivity index (χ1v) is 5.99. The molecule has 20 heavy (non-hydrogen) atoms. The fraction of sp³-hybridized carbons (Fsp3) is 0.308. The Hall–Kier alpha value is -2.41. The Labute approximate surface area is 116 Å². The van der Waals surface area contributed by atoms with Gasteiger partial charge in [-0.2, -0.15) is 0 Å². The van der Waals surface area contributed by atoms with E-state index in [4.69, 9.17) is 10.8 Å². The summed E-state index contributed by atoms with van der Waals surface area (Å²) >= 11 is 0. The molecule has 7 nitrogen and oxygen atoms in total. The van der Waals surface area contributed by atoms with Crippen LogP contribution in [0.1, 0.15) is 13.8 Å². The second-order valence-electron chi connectivity index (χ2n) is 4.31. The second-order valence-corrected chi connectivity index (χ2v) is 4.31. The van der Waals surface area contributed by atoms with Crippen molar-refractivity contribution in [1.29, 1.82) is 0 Å². The van der Waals surface area contributed by atoms with Gasteiger partial charge in [0.2, 0.25) is 5.91 Å². The van der Waals surface area contributed by atoms with Gasteiger partial charge in [0.1, 0.15) is 0 Å². The van der Waals surface area contributed by atoms with Crippen molar-refractivity contribution in [2.24, 2.45) is 0 Å². The van der Waals surface area contributed by atoms with Crippen LogP contribution >= 0.6 is 0 Å². The molecule has 4 N–H and O–H groups in total. The molecule has 7 heteroatoms. The van der Waals surface area contributed by atoms with Gasteiger partial charge in [0.15, 0.2) is 0 Å². The molecule has 3 amide bonds. The van der Waals surface area contributed by atoms with E-state index in [0.29, 0.717) is 5.69 Å². The fourth-order valence-electron chi connectivity index (χ4n) is 1.48. The Bertz CT molecular complexity index is 511. The minimum Gasteiger partial charge on any atom is -0.399 e. The van der Waals surface area contributed by atoms with E-state index in [0.717, 1.165) is 4.90 Å². The molecule has 1 aromatic carbocycles. The SMILES string of the molecule is CC(=O)N(C(=O)C(=O)NCC(C)O)c1ccc(N)cc1. The molecule has 0 spiro atoms. The van der Waals surface area contributed by atoms with Crippen molar-refractivity contribution in [3.63, 3.8) is 0 Å². The van der Waals surface area contributed by atoms with E-state index in [1.54, 1.807) is 0 Å². The van der Waals surface area contributed by atoms with Crippen molar-refractivity contribution in [2.75, 3.05) is 17.2 Å². The zero-order chi connectivity index (χ0) is 15.3. The lowest BCUT2D eigenvalue weighted by atomic mass is 10.2. The van der Waals surface area contributed by atoms with Crippen molar-refractivity contribution >= 4 is 29.1 Å². The lowest BCUT2D eigenvalue weighted by Gasteiger charge is -2.19. The summed E-state index contributed by atoms with van der Waals surface area (Å²) in [6.45, 7) is 2.57. The molecule has 1 aromatic rings. The first kappa shape index (κ1) is 15.6. The van der Waals surface area contributed by atoms with Crippen LogP contribution in [-0.4, -0.2) is 35.5 Å². The second kappa shape index (κ2) is 6.67. The van der Waals surface area contributed by atoms with Crippen LogP contribution in [0.5, 0.6) is 0 Å². The van der Waals surface area contributed by atoms with Gasteiger partial charge in [0.05, 0.1) is 11.8 Å². The van der Waals surface area contributed by atoms with Gasteiger partial charge in [-0.05, 0) is 31.2 Å². The minimum atomic E-state index is -1.01. The van der Waals surface area contributed by atoms with Crippen LogP contribution in [-0.2, 0) is 14.4 Å². The molecule has 1 atom stereocenters. The van der Waals surface area contributed by atoms with Crippen LogP contribution in [0.4, 0.5) is 11.4 Å². The van der Waals surface area contributed by atoms with Gasteiger partial charge >= 0.3 is 11.8 Å². The zero-order valence-corrected chi connectivity index (χ0v) is 11.3. The van der Waals surface area contributed by atoms with Crippen LogP contribution in [0.25, 0.3) is 0 Å². The summed E-state index contributed by atoms with van der Waals surface area (Å²) in [6.07, 6.45) is -0.783. The number of amides is 3. The normalized spacial score (nSPS) is 11.6. The predicted molar refractivity (Wildman–Crippen MR) is 73.7 cm³/mol. The molecule has 0 aromatic heterocycles. The fourth-order valence-corrected chi connectivity index (χ4v) is 1.48. The number of rotatable bonds is 3. The van der Waals surface area contributed by atoms with Gasteiger partial charge in [-0.3, -0.25) is 14.4 Å². The number of carbonyl (C=O) groups is 3. The van der Waals surface area contributed by atoms with Crippen LogP contribution in [0.15, 0.2) is 24.3 Å². The molecular formula is C13H17N3O4. The van der Waals surface area contributed by atoms with Gasteiger partial charge in [-0.25, -0.2) is 4.90 Å². The maximum absolute atomic E-state index is 12.0. The standard InChI is InChI=1S/C13H17N3O4/c1-8(17)7-15-12(19)13(20)16(9(2)18)11-5-3-10(14)4-6-11/h3-6,8,17H,7,14H2,1-2H3,(H,15,19). The Kier molecular flexibility index (Phi) is 5.22. The maximum Gasteiger partial charge on any atom is 0.323 e. The quantitative estimate of drug-likeness (QED) is 0.517. The number of hydrogen-bond acceptors (Lipinski definition) is 5. The van der Waals surface area contributed by atoms with E-state index >= 15 is 0 Å². The summed E-state index contributed by atoms with van der Waals surface area (Å²) in [7, 11) is 0. The third-order valence-electron chi connectivity index (χ3n) is 2.42. The number of carbonyl (C=O) groups excluding carboxylic acids is 3. The highest BCUT2D eigenvalue weighted by Crippen LogP contribution is 2.16. The molecule has 0 saturated heterocycles. The first-order chi connectivity index (χ1) is 9.32. The van der Waals surface area contributed by atoms with Crippen molar-refractivity contribution < 1.29 is 19.5 Å². The Balaban J connectivity index is 2.91. The van der Waals surface area contributed by atoms with E-state index in [-0.39, 0.29) is 12.2 Å². The summed E-state index contributed by atoms with van der Waals surface area (Å²) in [4.78, 5) is 35.9. The predicted octanol–water partition coefficient (Wildman–Crippen LogP) is -0.355. The summed E-state index contributed by atoms with van der Waals surface area (Å²) < 4.78 is 0. The topological polar surface area (TPSA) is 113 Å². The third-order valence-corrected chi connectivity index (χ3v) is 2.42. The number of anilines is 2. The largest absolute Gasteiger partial charge is 0.399 e. The average molecular weight is 279 g/mol. The highest BCUT2D eigenvalue weighted by molar-refractivity contribution is 6.45. The van der Waals surface area contributed by atoms with Gasteiger partial charge in [-0.15, -0.1) is 0 Å². The highest BCUT2D eigenvalue weighted by atomic mass is 16.3. The van der Waals surface area contributed by atoms with E-state index < -0.39 is 23.8 Å². The molecule has 108 valence electrons. The lowest BCUT2D eigenvalue weighted by Crippen LogP contribution is -2.46. The van der Waals surface area contributed by atoms with Crippen LogP contribution in [0, 0.1) is 0 Å². The highest BCUT2D eigenvalue weighted by Gasteiger charge is 2.26. The number of benzene rings is 1. The minimum absolute atomic E-state index is 0.0714. The number of nitrogen functional groups attached to an aromatic ring is 1. The molecule has 0 saturated carbocycles. The summed E-state index contributed by atoms with van der Waals surface area (Å²) in [5.74, 6) is -2.56. The number of aliphatic hydroxyl groups excluding tert-OH is 1. The number of imide groups is 1. The van der Waals surface area contributed by atoms with E-state index in [9.17, 15) is 14.4 Å². The van der Waals surface area contributed by atoms with Crippen molar-refractivity contribution in [3.05, 3.63) is 24.3 Å². The summed E-state index contributed by atoms with van der Waals surface area (Å²) in [5, 5.41) is 11.3. The summed E-state index contributed by atoms with van der Waals surface area (Å²) in [6, 6.07) is 5.98. The Morgan fingerprint density at radius 1 is 1.30 bits per heavy atom. The van der Waals surface area contributed by atoms with Crippen molar-refractivity contribution in [1.82, 2.24) is 5.32 Å². The molecule has 0 aliphatic heterocycles. The van der Waals surface area contributed by atoms with E-state index in [1.807, 2.05) is 0 Å². The molecule has 0 bridgehead atoms. The van der Waals surface area contributed by atoms with Gasteiger partial charge in [0, 0.05) is 19.2 Å². The van der Waals surface area contributed by atoms with Crippen molar-refractivity contribution in [2.45, 2.75) is 20.0 Å².